The van der Waals surface area contributed by atoms with Crippen molar-refractivity contribution in [2.45, 2.75) is 32.6 Å². The molecule has 19 heavy (non-hydrogen) atoms. The average molecular weight is 279 g/mol. The van der Waals surface area contributed by atoms with Crippen molar-refractivity contribution in [2.75, 3.05) is 12.8 Å². The summed E-state index contributed by atoms with van der Waals surface area (Å²) < 4.78 is 0. The van der Waals surface area contributed by atoms with Gasteiger partial charge in [0, 0.05) is 17.0 Å². The minimum absolute atomic E-state index is 0.0268. The average Bonchev–Trinajstić information content (AvgIpc) is 2.38. The Morgan fingerprint density at radius 1 is 1.11 bits per heavy atom. The van der Waals surface area contributed by atoms with Crippen LogP contribution in [0.5, 0.6) is 0 Å². The highest BCUT2D eigenvalue weighted by Gasteiger charge is 2.18. The summed E-state index contributed by atoms with van der Waals surface area (Å²) in [4.78, 5) is 13.3. The molecule has 0 aromatic heterocycles. The molecule has 0 heterocycles. The SMILES string of the molecule is CSc1ccc(C(=O)NCC(C(C)C)C(C)C)cc1. The molecule has 1 aromatic carbocycles. The van der Waals surface area contributed by atoms with E-state index in [0.717, 1.165) is 12.1 Å². The first-order valence-electron chi connectivity index (χ1n) is 6.88. The summed E-state index contributed by atoms with van der Waals surface area (Å²) >= 11 is 1.68. The normalized spacial score (nSPS) is 11.4. The summed E-state index contributed by atoms with van der Waals surface area (Å²) in [6.07, 6.45) is 2.03. The molecule has 1 amide bonds. The molecule has 106 valence electrons. The van der Waals surface area contributed by atoms with Crippen molar-refractivity contribution in [3.8, 4) is 0 Å². The molecule has 0 saturated heterocycles. The molecular formula is C16H25NOS. The van der Waals surface area contributed by atoms with E-state index in [1.54, 1.807) is 11.8 Å². The molecule has 2 nitrogen and oxygen atoms in total. The Balaban J connectivity index is 2.58. The molecule has 0 unspecified atom stereocenters. The monoisotopic (exact) mass is 279 g/mol. The van der Waals surface area contributed by atoms with Crippen molar-refractivity contribution in [3.63, 3.8) is 0 Å². The van der Waals surface area contributed by atoms with Crippen LogP contribution in [0.2, 0.25) is 0 Å². The molecule has 0 aliphatic heterocycles. The van der Waals surface area contributed by atoms with E-state index in [0.29, 0.717) is 17.8 Å². The van der Waals surface area contributed by atoms with Crippen LogP contribution in [0.3, 0.4) is 0 Å². The molecule has 1 rings (SSSR count). The van der Waals surface area contributed by atoms with Crippen molar-refractivity contribution in [1.29, 1.82) is 0 Å². The first kappa shape index (κ1) is 16.1. The third-order valence-corrected chi connectivity index (χ3v) is 4.31. The van der Waals surface area contributed by atoms with Crippen molar-refractivity contribution in [2.24, 2.45) is 17.8 Å². The van der Waals surface area contributed by atoms with E-state index in [4.69, 9.17) is 0 Å². The maximum absolute atomic E-state index is 12.1. The van der Waals surface area contributed by atoms with Gasteiger partial charge in [0.1, 0.15) is 0 Å². The molecule has 3 heteroatoms. The smallest absolute Gasteiger partial charge is 0.251 e. The lowest BCUT2D eigenvalue weighted by Gasteiger charge is -2.25. The van der Waals surface area contributed by atoms with Crippen molar-refractivity contribution in [1.82, 2.24) is 5.32 Å². The van der Waals surface area contributed by atoms with Crippen molar-refractivity contribution in [3.05, 3.63) is 29.8 Å². The fourth-order valence-corrected chi connectivity index (χ4v) is 2.70. The van der Waals surface area contributed by atoms with Gasteiger partial charge in [0.25, 0.3) is 5.91 Å². The zero-order valence-corrected chi connectivity index (χ0v) is 13.4. The molecule has 1 N–H and O–H groups in total. The van der Waals surface area contributed by atoms with Crippen LogP contribution in [0, 0.1) is 17.8 Å². The number of carbonyl (C=O) groups excluding carboxylic acids is 1. The third kappa shape index (κ3) is 4.90. The number of hydrogen-bond acceptors (Lipinski definition) is 2. The summed E-state index contributed by atoms with van der Waals surface area (Å²) in [6.45, 7) is 9.60. The van der Waals surface area contributed by atoms with Gasteiger partial charge in [-0.15, -0.1) is 11.8 Å². The summed E-state index contributed by atoms with van der Waals surface area (Å²) in [5.74, 6) is 1.71. The topological polar surface area (TPSA) is 29.1 Å². The second kappa shape index (κ2) is 7.59. The molecule has 0 radical (unpaired) electrons. The van der Waals surface area contributed by atoms with Gasteiger partial charge >= 0.3 is 0 Å². The first-order valence-corrected chi connectivity index (χ1v) is 8.10. The number of rotatable bonds is 6. The second-order valence-electron chi connectivity index (χ2n) is 5.59. The van der Waals surface area contributed by atoms with Crippen LogP contribution in [0.4, 0.5) is 0 Å². The maximum atomic E-state index is 12.1. The van der Waals surface area contributed by atoms with Gasteiger partial charge in [0.05, 0.1) is 0 Å². The number of hydrogen-bond donors (Lipinski definition) is 1. The molecule has 1 aromatic rings. The fourth-order valence-electron chi connectivity index (χ4n) is 2.30. The predicted molar refractivity (Wildman–Crippen MR) is 83.7 cm³/mol. The van der Waals surface area contributed by atoms with E-state index in [2.05, 4.69) is 33.0 Å². The Kier molecular flexibility index (Phi) is 6.43. The highest BCUT2D eigenvalue weighted by molar-refractivity contribution is 7.98. The first-order chi connectivity index (χ1) is 8.95. The van der Waals surface area contributed by atoms with Gasteiger partial charge in [0.2, 0.25) is 0 Å². The Hall–Kier alpha value is -0.960. The van der Waals surface area contributed by atoms with E-state index in [1.807, 2.05) is 30.5 Å². The lowest BCUT2D eigenvalue weighted by atomic mass is 9.85. The summed E-state index contributed by atoms with van der Waals surface area (Å²) in [7, 11) is 0. The molecule has 0 bridgehead atoms. The molecule has 0 aliphatic rings. The van der Waals surface area contributed by atoms with Crippen LogP contribution in [0.1, 0.15) is 38.1 Å². The van der Waals surface area contributed by atoms with Gasteiger partial charge in [-0.1, -0.05) is 27.7 Å². The van der Waals surface area contributed by atoms with Gasteiger partial charge in [-0.3, -0.25) is 4.79 Å². The van der Waals surface area contributed by atoms with Gasteiger partial charge in [-0.2, -0.15) is 0 Å². The molecule has 0 atom stereocenters. The van der Waals surface area contributed by atoms with Gasteiger partial charge in [-0.25, -0.2) is 0 Å². The Morgan fingerprint density at radius 3 is 2.05 bits per heavy atom. The molecule has 0 aliphatic carbocycles. The number of benzene rings is 1. The number of thioether (sulfide) groups is 1. The van der Waals surface area contributed by atoms with Crippen molar-refractivity contribution >= 4 is 17.7 Å². The number of carbonyl (C=O) groups is 1. The summed E-state index contributed by atoms with van der Waals surface area (Å²) in [6, 6.07) is 7.76. The Morgan fingerprint density at radius 2 is 1.63 bits per heavy atom. The standard InChI is InChI=1S/C16H25NOS/c1-11(2)15(12(3)4)10-17-16(18)13-6-8-14(19-5)9-7-13/h6-9,11-12,15H,10H2,1-5H3,(H,17,18). The van der Waals surface area contributed by atoms with Crippen molar-refractivity contribution < 1.29 is 4.79 Å². The number of amides is 1. The van der Waals surface area contributed by atoms with E-state index < -0.39 is 0 Å². The molecule has 0 fully saturated rings. The van der Waals surface area contributed by atoms with E-state index in [1.165, 1.54) is 4.90 Å². The lowest BCUT2D eigenvalue weighted by molar-refractivity contribution is 0.0937. The second-order valence-corrected chi connectivity index (χ2v) is 6.47. The van der Waals surface area contributed by atoms with Gasteiger partial charge < -0.3 is 5.32 Å². The van der Waals surface area contributed by atoms with Crippen LogP contribution in [0.15, 0.2) is 29.2 Å². The lowest BCUT2D eigenvalue weighted by Crippen LogP contribution is -2.33. The fraction of sp³-hybridized carbons (Fsp3) is 0.562. The molecule has 0 saturated carbocycles. The summed E-state index contributed by atoms with van der Waals surface area (Å²) in [5, 5.41) is 3.05. The van der Waals surface area contributed by atoms with Crippen LogP contribution in [0.25, 0.3) is 0 Å². The predicted octanol–water partition coefficient (Wildman–Crippen LogP) is 4.07. The Bertz CT molecular complexity index is 390. The highest BCUT2D eigenvalue weighted by Crippen LogP contribution is 2.20. The number of nitrogens with one attached hydrogen (secondary N) is 1. The molecular weight excluding hydrogens is 254 g/mol. The van der Waals surface area contributed by atoms with Crippen LogP contribution in [-0.2, 0) is 0 Å². The van der Waals surface area contributed by atoms with Gasteiger partial charge in [-0.05, 0) is 48.3 Å². The molecule has 0 spiro atoms. The van der Waals surface area contributed by atoms with Crippen LogP contribution < -0.4 is 5.32 Å². The minimum Gasteiger partial charge on any atom is -0.352 e. The van der Waals surface area contributed by atoms with Crippen LogP contribution >= 0.6 is 11.8 Å². The van der Waals surface area contributed by atoms with E-state index in [-0.39, 0.29) is 5.91 Å². The Labute approximate surface area is 121 Å². The quantitative estimate of drug-likeness (QED) is 0.795. The minimum atomic E-state index is 0.0268. The largest absolute Gasteiger partial charge is 0.352 e. The summed E-state index contributed by atoms with van der Waals surface area (Å²) in [5.41, 5.74) is 0.740. The van der Waals surface area contributed by atoms with E-state index in [9.17, 15) is 4.79 Å². The third-order valence-electron chi connectivity index (χ3n) is 3.56. The van der Waals surface area contributed by atoms with E-state index >= 15 is 0 Å². The zero-order chi connectivity index (χ0) is 14.4. The zero-order valence-electron chi connectivity index (χ0n) is 12.6. The highest BCUT2D eigenvalue weighted by atomic mass is 32.2. The maximum Gasteiger partial charge on any atom is 0.251 e. The van der Waals surface area contributed by atoms with Gasteiger partial charge in [0.15, 0.2) is 0 Å². The van der Waals surface area contributed by atoms with Crippen LogP contribution in [-0.4, -0.2) is 18.7 Å².